The van der Waals surface area contributed by atoms with Crippen LogP contribution in [0.25, 0.3) is 0 Å². The number of aromatic nitrogens is 1. The van der Waals surface area contributed by atoms with Gasteiger partial charge >= 0.3 is 0 Å². The van der Waals surface area contributed by atoms with Gasteiger partial charge in [-0.15, -0.1) is 0 Å². The van der Waals surface area contributed by atoms with E-state index in [-0.39, 0.29) is 0 Å². The number of likely N-dealkylation sites (N-methyl/N-ethyl adjacent to an activating group) is 1. The van der Waals surface area contributed by atoms with E-state index < -0.39 is 0 Å². The number of hydrogen-bond donors (Lipinski definition) is 1. The average Bonchev–Trinajstić information content (AvgIpc) is 2.37. The summed E-state index contributed by atoms with van der Waals surface area (Å²) >= 11 is 0. The first kappa shape index (κ1) is 14.9. The summed E-state index contributed by atoms with van der Waals surface area (Å²) in [6, 6.07) is 6.45. The highest BCUT2D eigenvalue weighted by atomic mass is 16.5. The van der Waals surface area contributed by atoms with Crippen LogP contribution in [0.15, 0.2) is 18.2 Å². The molecule has 0 spiro atoms. The van der Waals surface area contributed by atoms with E-state index in [0.717, 1.165) is 31.9 Å². The molecular formula is C14H25N3O. The summed E-state index contributed by atoms with van der Waals surface area (Å²) < 4.78 is 5.14. The van der Waals surface area contributed by atoms with Crippen LogP contribution in [0, 0.1) is 0 Å². The largest absolute Gasteiger partial charge is 0.481 e. The smallest absolute Gasteiger partial charge is 0.213 e. The molecule has 0 fully saturated rings. The summed E-state index contributed by atoms with van der Waals surface area (Å²) in [5.41, 5.74) is 1.06. The summed E-state index contributed by atoms with van der Waals surface area (Å²) in [4.78, 5) is 6.81. The predicted molar refractivity (Wildman–Crippen MR) is 74.9 cm³/mol. The molecule has 1 N–H and O–H groups in total. The molecular weight excluding hydrogens is 226 g/mol. The Labute approximate surface area is 110 Å². The number of rotatable bonds is 8. The lowest BCUT2D eigenvalue weighted by Gasteiger charge is -2.21. The Morgan fingerprint density at radius 2 is 2.17 bits per heavy atom. The third kappa shape index (κ3) is 5.47. The Kier molecular flexibility index (Phi) is 6.68. The molecule has 0 amide bonds. The summed E-state index contributed by atoms with van der Waals surface area (Å²) in [5.74, 6) is 0.684. The van der Waals surface area contributed by atoms with Crippen molar-refractivity contribution in [3.63, 3.8) is 0 Å². The van der Waals surface area contributed by atoms with Crippen molar-refractivity contribution in [2.75, 3.05) is 26.7 Å². The van der Waals surface area contributed by atoms with E-state index >= 15 is 0 Å². The molecule has 0 radical (unpaired) electrons. The van der Waals surface area contributed by atoms with Crippen LogP contribution < -0.4 is 10.1 Å². The van der Waals surface area contributed by atoms with Gasteiger partial charge in [0, 0.05) is 31.7 Å². The van der Waals surface area contributed by atoms with Crippen molar-refractivity contribution >= 4 is 0 Å². The molecule has 0 saturated heterocycles. The van der Waals surface area contributed by atoms with Gasteiger partial charge in [0.15, 0.2) is 0 Å². The molecule has 1 heterocycles. The van der Waals surface area contributed by atoms with Crippen LogP contribution in [0.3, 0.4) is 0 Å². The quantitative estimate of drug-likeness (QED) is 0.766. The first-order valence-electron chi connectivity index (χ1n) is 6.61. The second-order valence-corrected chi connectivity index (χ2v) is 4.65. The fraction of sp³-hybridized carbons (Fsp3) is 0.643. The zero-order valence-corrected chi connectivity index (χ0v) is 11.9. The van der Waals surface area contributed by atoms with Gasteiger partial charge in [-0.3, -0.25) is 4.90 Å². The summed E-state index contributed by atoms with van der Waals surface area (Å²) in [6.45, 7) is 10.4. The fourth-order valence-electron chi connectivity index (χ4n) is 1.75. The minimum Gasteiger partial charge on any atom is -0.481 e. The Morgan fingerprint density at radius 3 is 2.78 bits per heavy atom. The molecule has 1 rings (SSSR count). The van der Waals surface area contributed by atoms with Crippen LogP contribution in [0.5, 0.6) is 5.88 Å². The summed E-state index contributed by atoms with van der Waals surface area (Å²) in [5, 5.41) is 3.43. The molecule has 4 nitrogen and oxygen atoms in total. The van der Waals surface area contributed by atoms with E-state index in [2.05, 4.69) is 36.0 Å². The minimum absolute atomic E-state index is 0.540. The van der Waals surface area contributed by atoms with E-state index in [1.165, 1.54) is 0 Å². The van der Waals surface area contributed by atoms with Gasteiger partial charge < -0.3 is 10.1 Å². The second kappa shape index (κ2) is 8.06. The summed E-state index contributed by atoms with van der Waals surface area (Å²) in [6.07, 6.45) is 0. The highest BCUT2D eigenvalue weighted by Gasteiger charge is 2.05. The van der Waals surface area contributed by atoms with Gasteiger partial charge in [-0.2, -0.15) is 0 Å². The van der Waals surface area contributed by atoms with Gasteiger partial charge in [-0.1, -0.05) is 26.8 Å². The average molecular weight is 251 g/mol. The zero-order chi connectivity index (χ0) is 13.4. The lowest BCUT2D eigenvalue weighted by atomic mass is 10.3. The van der Waals surface area contributed by atoms with Crippen LogP contribution in [0.1, 0.15) is 26.5 Å². The van der Waals surface area contributed by atoms with Crippen LogP contribution in [-0.4, -0.2) is 42.7 Å². The molecule has 0 bridgehead atoms. The number of nitrogens with zero attached hydrogens (tertiary/aromatic N) is 2. The molecule has 0 aromatic carbocycles. The number of nitrogens with one attached hydrogen (secondary N) is 1. The SMILES string of the molecule is CCN(CCNC(C)C)Cc1cccc(OC)n1. The molecule has 1 aromatic rings. The Hall–Kier alpha value is -1.13. The predicted octanol–water partition coefficient (Wildman–Crippen LogP) is 1.91. The van der Waals surface area contributed by atoms with Gasteiger partial charge in [-0.25, -0.2) is 4.98 Å². The van der Waals surface area contributed by atoms with Gasteiger partial charge in [0.25, 0.3) is 0 Å². The highest BCUT2D eigenvalue weighted by molar-refractivity contribution is 5.15. The van der Waals surface area contributed by atoms with Gasteiger partial charge in [-0.05, 0) is 12.6 Å². The molecule has 0 aliphatic carbocycles. The lowest BCUT2D eigenvalue weighted by Crippen LogP contribution is -2.34. The number of ether oxygens (including phenoxy) is 1. The molecule has 0 saturated carbocycles. The van der Waals surface area contributed by atoms with Crippen molar-refractivity contribution in [2.24, 2.45) is 0 Å². The van der Waals surface area contributed by atoms with Crippen molar-refractivity contribution in [1.29, 1.82) is 0 Å². The van der Waals surface area contributed by atoms with E-state index in [1.54, 1.807) is 7.11 Å². The molecule has 18 heavy (non-hydrogen) atoms. The normalized spacial score (nSPS) is 11.2. The van der Waals surface area contributed by atoms with Gasteiger partial charge in [0.1, 0.15) is 0 Å². The third-order valence-corrected chi connectivity index (χ3v) is 2.80. The first-order chi connectivity index (χ1) is 8.65. The van der Waals surface area contributed by atoms with Crippen LogP contribution >= 0.6 is 0 Å². The maximum absolute atomic E-state index is 5.14. The lowest BCUT2D eigenvalue weighted by molar-refractivity contribution is 0.271. The maximum atomic E-state index is 5.14. The van der Waals surface area contributed by atoms with Crippen LogP contribution in [-0.2, 0) is 6.54 Å². The molecule has 0 atom stereocenters. The molecule has 0 aliphatic heterocycles. The minimum atomic E-state index is 0.540. The van der Waals surface area contributed by atoms with E-state index in [0.29, 0.717) is 11.9 Å². The first-order valence-corrected chi connectivity index (χ1v) is 6.61. The van der Waals surface area contributed by atoms with Crippen LogP contribution in [0.2, 0.25) is 0 Å². The van der Waals surface area contributed by atoms with E-state index in [9.17, 15) is 0 Å². The fourth-order valence-corrected chi connectivity index (χ4v) is 1.75. The molecule has 0 unspecified atom stereocenters. The molecule has 0 aliphatic rings. The topological polar surface area (TPSA) is 37.4 Å². The highest BCUT2D eigenvalue weighted by Crippen LogP contribution is 2.08. The maximum Gasteiger partial charge on any atom is 0.213 e. The number of hydrogen-bond acceptors (Lipinski definition) is 4. The van der Waals surface area contributed by atoms with Crippen molar-refractivity contribution in [3.8, 4) is 5.88 Å². The molecule has 1 aromatic heterocycles. The van der Waals surface area contributed by atoms with E-state index in [4.69, 9.17) is 4.74 Å². The van der Waals surface area contributed by atoms with Crippen molar-refractivity contribution < 1.29 is 4.74 Å². The molecule has 102 valence electrons. The summed E-state index contributed by atoms with van der Waals surface area (Å²) in [7, 11) is 1.65. The third-order valence-electron chi connectivity index (χ3n) is 2.80. The monoisotopic (exact) mass is 251 g/mol. The number of pyridine rings is 1. The Morgan fingerprint density at radius 1 is 1.39 bits per heavy atom. The van der Waals surface area contributed by atoms with Crippen molar-refractivity contribution in [2.45, 2.75) is 33.4 Å². The van der Waals surface area contributed by atoms with Crippen molar-refractivity contribution in [1.82, 2.24) is 15.2 Å². The number of methoxy groups -OCH3 is 1. The zero-order valence-electron chi connectivity index (χ0n) is 11.9. The van der Waals surface area contributed by atoms with Crippen LogP contribution in [0.4, 0.5) is 0 Å². The molecule has 4 heteroatoms. The Balaban J connectivity index is 2.46. The van der Waals surface area contributed by atoms with Gasteiger partial charge in [0.2, 0.25) is 5.88 Å². The van der Waals surface area contributed by atoms with E-state index in [1.807, 2.05) is 18.2 Å². The Bertz CT molecular complexity index is 342. The van der Waals surface area contributed by atoms with Gasteiger partial charge in [0.05, 0.1) is 12.8 Å². The standard InChI is InChI=1S/C14H25N3O/c1-5-17(10-9-15-12(2)3)11-13-7-6-8-14(16-13)18-4/h6-8,12,15H,5,9-11H2,1-4H3. The van der Waals surface area contributed by atoms with Crippen molar-refractivity contribution in [3.05, 3.63) is 23.9 Å². The second-order valence-electron chi connectivity index (χ2n) is 4.65.